The van der Waals surface area contributed by atoms with E-state index < -0.39 is 0 Å². The van der Waals surface area contributed by atoms with E-state index in [0.717, 1.165) is 31.4 Å². The first kappa shape index (κ1) is 19.3. The average Bonchev–Trinajstić information content (AvgIpc) is 3.44. The Hall–Kier alpha value is -3.65. The molecule has 2 N–H and O–H groups in total. The Kier molecular flexibility index (Phi) is 5.13. The molecule has 8 nitrogen and oxygen atoms in total. The van der Waals surface area contributed by atoms with Crippen molar-refractivity contribution in [2.75, 3.05) is 25.1 Å². The second-order valence-corrected chi connectivity index (χ2v) is 7.66. The number of aromatic nitrogens is 2. The molecule has 5 rings (SSSR count). The largest absolute Gasteiger partial charge is 0.451 e. The summed E-state index contributed by atoms with van der Waals surface area (Å²) in [4.78, 5) is 29.5. The van der Waals surface area contributed by atoms with Crippen molar-refractivity contribution in [2.24, 2.45) is 5.92 Å². The van der Waals surface area contributed by atoms with E-state index in [9.17, 15) is 9.59 Å². The maximum Gasteiger partial charge on any atom is 0.287 e. The number of nitrogens with zero attached hydrogens (tertiary/aromatic N) is 2. The lowest BCUT2D eigenvalue weighted by atomic mass is 10.0. The molecular formula is C23H22N4O4. The molecule has 158 valence electrons. The predicted octanol–water partition coefficient (Wildman–Crippen LogP) is 3.49. The van der Waals surface area contributed by atoms with Crippen LogP contribution in [0.2, 0.25) is 0 Å². The molecule has 0 saturated carbocycles. The van der Waals surface area contributed by atoms with Crippen LogP contribution in [0.5, 0.6) is 0 Å². The Balaban J connectivity index is 1.29. The third-order valence-electron chi connectivity index (χ3n) is 5.55. The van der Waals surface area contributed by atoms with Gasteiger partial charge in [-0.25, -0.2) is 4.98 Å². The van der Waals surface area contributed by atoms with Gasteiger partial charge in [0, 0.05) is 49.4 Å². The standard InChI is InChI=1S/C23H22N4O4/c28-22(18-2-1-8-27-9-7-24-21(18)27)26-17-3-4-19-16(12-17)13-20(31-19)23(29)25-14-15-5-10-30-11-6-15/h1-4,7-9,12-13,15H,5-6,10-11,14H2,(H,25,29)(H,26,28). The Morgan fingerprint density at radius 2 is 1.97 bits per heavy atom. The number of carbonyl (C=O) groups excluding carboxylic acids is 2. The first-order valence-electron chi connectivity index (χ1n) is 10.3. The highest BCUT2D eigenvalue weighted by Gasteiger charge is 2.18. The zero-order chi connectivity index (χ0) is 21.2. The number of benzene rings is 1. The van der Waals surface area contributed by atoms with Gasteiger partial charge in [-0.3, -0.25) is 9.59 Å². The summed E-state index contributed by atoms with van der Waals surface area (Å²) < 4.78 is 12.8. The lowest BCUT2D eigenvalue weighted by Crippen LogP contribution is -2.31. The molecule has 0 atom stereocenters. The molecule has 1 aliphatic rings. The fraction of sp³-hybridized carbons (Fsp3) is 0.261. The van der Waals surface area contributed by atoms with E-state index in [1.807, 2.05) is 6.20 Å². The third kappa shape index (κ3) is 4.02. The summed E-state index contributed by atoms with van der Waals surface area (Å²) >= 11 is 0. The number of anilines is 1. The van der Waals surface area contributed by atoms with Crippen LogP contribution < -0.4 is 10.6 Å². The van der Waals surface area contributed by atoms with Gasteiger partial charge in [-0.1, -0.05) is 0 Å². The number of carbonyl (C=O) groups is 2. The summed E-state index contributed by atoms with van der Waals surface area (Å²) in [6.45, 7) is 2.10. The molecule has 0 aliphatic carbocycles. The normalized spacial score (nSPS) is 14.7. The molecule has 0 radical (unpaired) electrons. The number of pyridine rings is 1. The number of ether oxygens (including phenoxy) is 1. The minimum absolute atomic E-state index is 0.237. The lowest BCUT2D eigenvalue weighted by Gasteiger charge is -2.21. The molecule has 0 unspecified atom stereocenters. The van der Waals surface area contributed by atoms with Gasteiger partial charge in [0.2, 0.25) is 0 Å². The van der Waals surface area contributed by atoms with E-state index in [1.165, 1.54) is 0 Å². The maximum atomic E-state index is 12.8. The first-order valence-corrected chi connectivity index (χ1v) is 10.3. The summed E-state index contributed by atoms with van der Waals surface area (Å²) in [6.07, 6.45) is 7.19. The van der Waals surface area contributed by atoms with E-state index in [-0.39, 0.29) is 17.6 Å². The van der Waals surface area contributed by atoms with Crippen molar-refractivity contribution >= 4 is 34.1 Å². The summed E-state index contributed by atoms with van der Waals surface area (Å²) in [5, 5.41) is 6.58. The molecule has 3 aromatic heterocycles. The number of rotatable bonds is 5. The first-order chi connectivity index (χ1) is 15.2. The smallest absolute Gasteiger partial charge is 0.287 e. The van der Waals surface area contributed by atoms with Crippen molar-refractivity contribution in [2.45, 2.75) is 12.8 Å². The van der Waals surface area contributed by atoms with Crippen LogP contribution in [0, 0.1) is 5.92 Å². The SMILES string of the molecule is O=C(NCC1CCOCC1)c1cc2cc(NC(=O)c3cccn4ccnc34)ccc2o1. The highest BCUT2D eigenvalue weighted by molar-refractivity contribution is 6.09. The van der Waals surface area contributed by atoms with Crippen molar-refractivity contribution in [3.05, 3.63) is 66.3 Å². The van der Waals surface area contributed by atoms with Crippen LogP contribution in [0.15, 0.2) is 59.4 Å². The fourth-order valence-electron chi connectivity index (χ4n) is 3.83. The van der Waals surface area contributed by atoms with Gasteiger partial charge < -0.3 is 24.2 Å². The number of nitrogens with one attached hydrogen (secondary N) is 2. The Bertz CT molecular complexity index is 1250. The van der Waals surface area contributed by atoms with Gasteiger partial charge in [-0.2, -0.15) is 0 Å². The second kappa shape index (κ2) is 8.23. The average molecular weight is 418 g/mol. The number of amides is 2. The van der Waals surface area contributed by atoms with E-state index in [4.69, 9.17) is 9.15 Å². The lowest BCUT2D eigenvalue weighted by molar-refractivity contribution is 0.0639. The molecule has 4 aromatic rings. The summed E-state index contributed by atoms with van der Waals surface area (Å²) in [5.41, 5.74) is 2.27. The number of imidazole rings is 1. The molecule has 1 aromatic carbocycles. The minimum Gasteiger partial charge on any atom is -0.451 e. The van der Waals surface area contributed by atoms with Crippen LogP contribution in [0.3, 0.4) is 0 Å². The molecule has 1 aliphatic heterocycles. The van der Waals surface area contributed by atoms with E-state index in [1.54, 1.807) is 53.2 Å². The number of hydrogen-bond acceptors (Lipinski definition) is 5. The molecule has 4 heterocycles. The topological polar surface area (TPSA) is 97.9 Å². The summed E-state index contributed by atoms with van der Waals surface area (Å²) in [7, 11) is 0. The Morgan fingerprint density at radius 1 is 1.10 bits per heavy atom. The quantitative estimate of drug-likeness (QED) is 0.517. The molecule has 1 fully saturated rings. The molecule has 0 spiro atoms. The van der Waals surface area contributed by atoms with Gasteiger partial charge in [-0.15, -0.1) is 0 Å². The van der Waals surface area contributed by atoms with Crippen molar-refractivity contribution < 1.29 is 18.7 Å². The summed E-state index contributed by atoms with van der Waals surface area (Å²) in [6, 6.07) is 10.5. The number of hydrogen-bond donors (Lipinski definition) is 2. The monoisotopic (exact) mass is 418 g/mol. The zero-order valence-corrected chi connectivity index (χ0v) is 16.8. The van der Waals surface area contributed by atoms with Crippen molar-refractivity contribution in [1.29, 1.82) is 0 Å². The molecule has 31 heavy (non-hydrogen) atoms. The molecule has 2 amide bonds. The van der Waals surface area contributed by atoms with E-state index >= 15 is 0 Å². The number of furan rings is 1. The zero-order valence-electron chi connectivity index (χ0n) is 16.8. The van der Waals surface area contributed by atoms with Crippen LogP contribution in [0.1, 0.15) is 33.8 Å². The van der Waals surface area contributed by atoms with Gasteiger partial charge in [0.25, 0.3) is 11.8 Å². The summed E-state index contributed by atoms with van der Waals surface area (Å²) in [5.74, 6) is 0.199. The fourth-order valence-corrected chi connectivity index (χ4v) is 3.83. The Labute approximate surface area is 178 Å². The molecule has 0 bridgehead atoms. The molecule has 1 saturated heterocycles. The third-order valence-corrected chi connectivity index (χ3v) is 5.55. The van der Waals surface area contributed by atoms with Crippen LogP contribution in [-0.4, -0.2) is 41.0 Å². The van der Waals surface area contributed by atoms with E-state index in [0.29, 0.717) is 34.9 Å². The van der Waals surface area contributed by atoms with Crippen LogP contribution in [-0.2, 0) is 4.74 Å². The second-order valence-electron chi connectivity index (χ2n) is 7.66. The van der Waals surface area contributed by atoms with Gasteiger partial charge in [0.1, 0.15) is 11.2 Å². The van der Waals surface area contributed by atoms with Gasteiger partial charge >= 0.3 is 0 Å². The minimum atomic E-state index is -0.255. The highest BCUT2D eigenvalue weighted by Crippen LogP contribution is 2.24. The number of fused-ring (bicyclic) bond motifs is 2. The van der Waals surface area contributed by atoms with E-state index in [2.05, 4.69) is 15.6 Å². The van der Waals surface area contributed by atoms with Crippen molar-refractivity contribution in [1.82, 2.24) is 14.7 Å². The molecular weight excluding hydrogens is 396 g/mol. The maximum absolute atomic E-state index is 12.8. The Morgan fingerprint density at radius 3 is 2.84 bits per heavy atom. The van der Waals surface area contributed by atoms with Crippen LogP contribution >= 0.6 is 0 Å². The van der Waals surface area contributed by atoms with Crippen molar-refractivity contribution in [3.63, 3.8) is 0 Å². The van der Waals surface area contributed by atoms with Gasteiger partial charge in [0.15, 0.2) is 5.76 Å². The van der Waals surface area contributed by atoms with Crippen LogP contribution in [0.4, 0.5) is 5.69 Å². The van der Waals surface area contributed by atoms with Crippen LogP contribution in [0.25, 0.3) is 16.6 Å². The van der Waals surface area contributed by atoms with Crippen molar-refractivity contribution in [3.8, 4) is 0 Å². The van der Waals surface area contributed by atoms with Gasteiger partial charge in [0.05, 0.1) is 5.56 Å². The highest BCUT2D eigenvalue weighted by atomic mass is 16.5. The predicted molar refractivity (Wildman–Crippen MR) is 115 cm³/mol. The molecule has 8 heteroatoms. The van der Waals surface area contributed by atoms with Gasteiger partial charge in [-0.05, 0) is 55.2 Å².